The van der Waals surface area contributed by atoms with Gasteiger partial charge in [-0.2, -0.15) is 0 Å². The highest BCUT2D eigenvalue weighted by molar-refractivity contribution is 7.91. The van der Waals surface area contributed by atoms with Crippen LogP contribution in [0.25, 0.3) is 10.9 Å². The van der Waals surface area contributed by atoms with Crippen LogP contribution in [0.15, 0.2) is 88.8 Å². The van der Waals surface area contributed by atoms with Crippen LogP contribution in [0.3, 0.4) is 0 Å². The third-order valence-electron chi connectivity index (χ3n) is 6.75. The van der Waals surface area contributed by atoms with E-state index < -0.39 is 9.84 Å². The number of piperazine rings is 1. The van der Waals surface area contributed by atoms with Crippen LogP contribution < -0.4 is 14.4 Å². The van der Waals surface area contributed by atoms with Gasteiger partial charge in [-0.1, -0.05) is 48.5 Å². The number of aromatic nitrogens is 1. The summed E-state index contributed by atoms with van der Waals surface area (Å²) in [5.74, 6) is 1.26. The molecule has 3 aromatic carbocycles. The van der Waals surface area contributed by atoms with Gasteiger partial charge in [0.15, 0.2) is 11.5 Å². The molecule has 8 heteroatoms. The minimum Gasteiger partial charge on any atom is -0.486 e. The summed E-state index contributed by atoms with van der Waals surface area (Å²) in [5.41, 5.74) is 2.64. The van der Waals surface area contributed by atoms with E-state index >= 15 is 0 Å². The Balaban J connectivity index is 1.41. The number of pyridine rings is 1. The van der Waals surface area contributed by atoms with Crippen molar-refractivity contribution in [2.45, 2.75) is 16.3 Å². The fourth-order valence-electron chi connectivity index (χ4n) is 4.92. The van der Waals surface area contributed by atoms with Crippen LogP contribution >= 0.6 is 0 Å². The number of anilines is 1. The second-order valence-electron chi connectivity index (χ2n) is 9.05. The molecule has 0 radical (unpaired) electrons. The Kier molecular flexibility index (Phi) is 5.99. The van der Waals surface area contributed by atoms with Gasteiger partial charge in [0.25, 0.3) is 0 Å². The second kappa shape index (κ2) is 9.44. The number of benzene rings is 3. The van der Waals surface area contributed by atoms with E-state index in [1.165, 1.54) is 11.8 Å². The van der Waals surface area contributed by atoms with Crippen molar-refractivity contribution in [3.05, 3.63) is 84.6 Å². The van der Waals surface area contributed by atoms with Crippen molar-refractivity contribution >= 4 is 26.4 Å². The number of nitrogens with zero attached hydrogens (tertiary/aromatic N) is 3. The molecule has 6 rings (SSSR count). The molecule has 2 aliphatic heterocycles. The first-order valence-electron chi connectivity index (χ1n) is 12.1. The van der Waals surface area contributed by atoms with Crippen molar-refractivity contribution in [1.82, 2.24) is 9.88 Å². The average molecular weight is 502 g/mol. The molecular formula is C28H27N3O4S. The first kappa shape index (κ1) is 22.8. The first-order valence-corrected chi connectivity index (χ1v) is 13.6. The van der Waals surface area contributed by atoms with Crippen LogP contribution in [0, 0.1) is 0 Å². The molecule has 0 atom stereocenters. The van der Waals surface area contributed by atoms with Gasteiger partial charge in [-0.05, 0) is 23.8 Å². The molecule has 0 unspecified atom stereocenters. The van der Waals surface area contributed by atoms with Crippen LogP contribution in [0.4, 0.5) is 5.69 Å². The lowest BCUT2D eigenvalue weighted by molar-refractivity contribution is 0.172. The molecule has 1 aromatic heterocycles. The minimum atomic E-state index is -3.78. The van der Waals surface area contributed by atoms with E-state index in [1.54, 1.807) is 24.3 Å². The maximum Gasteiger partial charge on any atom is 0.210 e. The van der Waals surface area contributed by atoms with E-state index in [0.717, 1.165) is 25.0 Å². The van der Waals surface area contributed by atoms with Crippen molar-refractivity contribution in [2.75, 3.05) is 44.3 Å². The van der Waals surface area contributed by atoms with E-state index in [4.69, 9.17) is 9.47 Å². The Morgan fingerprint density at radius 3 is 2.14 bits per heavy atom. The van der Waals surface area contributed by atoms with Gasteiger partial charge >= 0.3 is 0 Å². The lowest BCUT2D eigenvalue weighted by atomic mass is 10.1. The van der Waals surface area contributed by atoms with Gasteiger partial charge in [-0.3, -0.25) is 9.88 Å². The topological polar surface area (TPSA) is 72.0 Å². The van der Waals surface area contributed by atoms with Crippen molar-refractivity contribution in [2.24, 2.45) is 0 Å². The summed E-state index contributed by atoms with van der Waals surface area (Å²) in [4.78, 5) is 9.61. The zero-order valence-electron chi connectivity index (χ0n) is 19.8. The molecular weight excluding hydrogens is 474 g/mol. The monoisotopic (exact) mass is 501 g/mol. The highest BCUT2D eigenvalue weighted by atomic mass is 32.2. The van der Waals surface area contributed by atoms with Gasteiger partial charge in [-0.15, -0.1) is 0 Å². The molecule has 2 aliphatic rings. The number of hydrogen-bond donors (Lipinski definition) is 0. The van der Waals surface area contributed by atoms with Crippen LogP contribution in [0.1, 0.15) is 5.56 Å². The minimum absolute atomic E-state index is 0.217. The van der Waals surface area contributed by atoms with E-state index in [1.807, 2.05) is 24.3 Å². The van der Waals surface area contributed by atoms with Crippen LogP contribution in [-0.2, 0) is 16.4 Å². The summed E-state index contributed by atoms with van der Waals surface area (Å²) < 4.78 is 39.2. The number of sulfone groups is 1. The summed E-state index contributed by atoms with van der Waals surface area (Å²) in [6.45, 7) is 4.88. The predicted molar refractivity (Wildman–Crippen MR) is 139 cm³/mol. The predicted octanol–water partition coefficient (Wildman–Crippen LogP) is 4.16. The zero-order chi connectivity index (χ0) is 24.5. The van der Waals surface area contributed by atoms with Crippen LogP contribution in [0.5, 0.6) is 11.5 Å². The normalized spacial score (nSPS) is 16.3. The Morgan fingerprint density at radius 1 is 0.806 bits per heavy atom. The van der Waals surface area contributed by atoms with Gasteiger partial charge in [0, 0.05) is 50.4 Å². The van der Waals surface area contributed by atoms with Crippen molar-refractivity contribution in [3.63, 3.8) is 0 Å². The summed E-state index contributed by atoms with van der Waals surface area (Å²) in [6.07, 6.45) is 1.49. The second-order valence-corrected chi connectivity index (χ2v) is 11.0. The molecule has 0 aliphatic carbocycles. The zero-order valence-corrected chi connectivity index (χ0v) is 20.7. The molecule has 1 saturated heterocycles. The van der Waals surface area contributed by atoms with Gasteiger partial charge < -0.3 is 14.4 Å². The fourth-order valence-corrected chi connectivity index (χ4v) is 6.37. The Labute approximate surface area is 210 Å². The average Bonchev–Trinajstić information content (AvgIpc) is 2.93. The lowest BCUT2D eigenvalue weighted by Gasteiger charge is -2.37. The molecule has 0 bridgehead atoms. The smallest absolute Gasteiger partial charge is 0.210 e. The Morgan fingerprint density at radius 2 is 1.44 bits per heavy atom. The Bertz CT molecular complexity index is 1490. The van der Waals surface area contributed by atoms with Gasteiger partial charge in [0.05, 0.1) is 16.1 Å². The SMILES string of the molecule is O=S(=O)(c1ccccc1)c1cnc2cc3c(cc2c1N1CCN(Cc2ccccc2)CC1)OCCO3. The van der Waals surface area contributed by atoms with Crippen molar-refractivity contribution in [1.29, 1.82) is 0 Å². The van der Waals surface area contributed by atoms with Crippen molar-refractivity contribution in [3.8, 4) is 11.5 Å². The molecule has 3 heterocycles. The van der Waals surface area contributed by atoms with E-state index in [-0.39, 0.29) is 9.79 Å². The number of fused-ring (bicyclic) bond motifs is 2. The summed E-state index contributed by atoms with van der Waals surface area (Å²) in [5, 5.41) is 0.757. The number of hydrogen-bond acceptors (Lipinski definition) is 7. The first-order chi connectivity index (χ1) is 17.6. The maximum atomic E-state index is 13.8. The fraction of sp³-hybridized carbons (Fsp3) is 0.250. The molecule has 36 heavy (non-hydrogen) atoms. The molecule has 184 valence electrons. The van der Waals surface area contributed by atoms with E-state index in [9.17, 15) is 8.42 Å². The molecule has 1 fully saturated rings. The van der Waals surface area contributed by atoms with Gasteiger partial charge in [0.2, 0.25) is 9.84 Å². The molecule has 7 nitrogen and oxygen atoms in total. The molecule has 4 aromatic rings. The van der Waals surface area contributed by atoms with Gasteiger partial charge in [-0.25, -0.2) is 8.42 Å². The Hall–Kier alpha value is -3.62. The van der Waals surface area contributed by atoms with Gasteiger partial charge in [0.1, 0.15) is 18.1 Å². The molecule has 0 amide bonds. The van der Waals surface area contributed by atoms with E-state index in [2.05, 4.69) is 39.0 Å². The van der Waals surface area contributed by atoms with Crippen LogP contribution in [0.2, 0.25) is 0 Å². The summed E-state index contributed by atoms with van der Waals surface area (Å²) >= 11 is 0. The number of rotatable bonds is 5. The third-order valence-corrected chi connectivity index (χ3v) is 8.52. The number of ether oxygens (including phenoxy) is 2. The van der Waals surface area contributed by atoms with E-state index in [0.29, 0.717) is 49.0 Å². The summed E-state index contributed by atoms with van der Waals surface area (Å²) in [7, 11) is -3.78. The standard InChI is InChI=1S/C28H27N3O4S/c32-36(33,22-9-5-2-6-10-22)27-19-29-24-18-26-25(34-15-16-35-26)17-23(24)28(27)31-13-11-30(12-14-31)20-21-7-3-1-4-8-21/h1-10,17-19H,11-16,20H2. The molecule has 0 saturated carbocycles. The molecule has 0 spiro atoms. The highest BCUT2D eigenvalue weighted by Gasteiger charge is 2.30. The quantitative estimate of drug-likeness (QED) is 0.407. The van der Waals surface area contributed by atoms with Crippen molar-refractivity contribution < 1.29 is 17.9 Å². The summed E-state index contributed by atoms with van der Waals surface area (Å²) in [6, 6.07) is 22.7. The molecule has 0 N–H and O–H groups in total. The maximum absolute atomic E-state index is 13.8. The highest BCUT2D eigenvalue weighted by Crippen LogP contribution is 2.41. The van der Waals surface area contributed by atoms with Crippen LogP contribution in [-0.4, -0.2) is 57.7 Å². The lowest BCUT2D eigenvalue weighted by Crippen LogP contribution is -2.46. The largest absolute Gasteiger partial charge is 0.486 e. The third kappa shape index (κ3) is 4.27.